The number of nitrogens with zero attached hydrogens (tertiary/aromatic N) is 7. The van der Waals surface area contributed by atoms with Crippen molar-refractivity contribution in [2.75, 3.05) is 55.6 Å². The number of rotatable bonds is 8. The van der Waals surface area contributed by atoms with E-state index >= 15 is 0 Å². The number of methoxy groups -OCH3 is 1. The number of anilines is 4. The van der Waals surface area contributed by atoms with E-state index in [0.717, 1.165) is 49.4 Å². The standard InChI is InChI=1S/C28H36N8O4/c1-4-21-27(37)34(2)22-16-29-28(32-26(22)36(21)19-7-5-6-8-19)30-20-10-9-18(15-23(20)38-3)25-31-24(40-33-25)17-35-11-13-39-14-12-35/h9-10,15-16,19,21H,4-8,11-14,17H2,1-3H3,(H,29,30,32)/t21-/m1/s1. The molecule has 0 spiro atoms. The van der Waals surface area contributed by atoms with Gasteiger partial charge in [0.1, 0.15) is 17.5 Å². The molecule has 1 aromatic carbocycles. The third kappa shape index (κ3) is 5.08. The van der Waals surface area contributed by atoms with Crippen LogP contribution in [-0.4, -0.2) is 83.5 Å². The Kier molecular flexibility index (Phi) is 7.53. The van der Waals surface area contributed by atoms with Gasteiger partial charge in [0.05, 0.1) is 38.8 Å². The van der Waals surface area contributed by atoms with Crippen LogP contribution in [0.5, 0.6) is 5.75 Å². The summed E-state index contributed by atoms with van der Waals surface area (Å²) in [5.74, 6) is 3.01. The van der Waals surface area contributed by atoms with Crippen LogP contribution in [0.2, 0.25) is 0 Å². The lowest BCUT2D eigenvalue weighted by molar-refractivity contribution is -0.120. The number of ether oxygens (including phenoxy) is 2. The van der Waals surface area contributed by atoms with Crippen molar-refractivity contribution in [1.82, 2.24) is 25.0 Å². The van der Waals surface area contributed by atoms with E-state index in [9.17, 15) is 4.79 Å². The van der Waals surface area contributed by atoms with Crippen molar-refractivity contribution in [3.63, 3.8) is 0 Å². The van der Waals surface area contributed by atoms with Gasteiger partial charge in [-0.2, -0.15) is 9.97 Å². The molecule has 1 amide bonds. The number of benzene rings is 1. The predicted molar refractivity (Wildman–Crippen MR) is 150 cm³/mol. The zero-order chi connectivity index (χ0) is 27.6. The summed E-state index contributed by atoms with van der Waals surface area (Å²) in [6, 6.07) is 5.76. The van der Waals surface area contributed by atoms with E-state index in [4.69, 9.17) is 19.0 Å². The van der Waals surface area contributed by atoms with Crippen molar-refractivity contribution in [3.8, 4) is 17.1 Å². The van der Waals surface area contributed by atoms with Crippen LogP contribution >= 0.6 is 0 Å². The maximum atomic E-state index is 13.2. The fourth-order valence-electron chi connectivity index (χ4n) is 5.88. The topological polar surface area (TPSA) is 122 Å². The maximum Gasteiger partial charge on any atom is 0.249 e. The molecule has 1 saturated carbocycles. The van der Waals surface area contributed by atoms with Crippen LogP contribution in [0.3, 0.4) is 0 Å². The number of amides is 1. The molecule has 1 saturated heterocycles. The molecule has 6 rings (SSSR count). The summed E-state index contributed by atoms with van der Waals surface area (Å²) >= 11 is 0. The first kappa shape index (κ1) is 26.5. The molecule has 0 unspecified atom stereocenters. The molecule has 212 valence electrons. The number of fused-ring (bicyclic) bond motifs is 1. The number of hydrogen-bond acceptors (Lipinski definition) is 11. The minimum Gasteiger partial charge on any atom is -0.495 e. The lowest BCUT2D eigenvalue weighted by Crippen LogP contribution is -2.55. The SMILES string of the molecule is CC[C@@H]1C(=O)N(C)c2cnc(Nc3ccc(-c4noc(CN5CCOCC5)n4)cc3OC)nc2N1C1CCCC1. The minimum atomic E-state index is -0.222. The van der Waals surface area contributed by atoms with Gasteiger partial charge in [-0.1, -0.05) is 24.9 Å². The second-order valence-electron chi connectivity index (χ2n) is 10.5. The Bertz CT molecular complexity index is 1350. The first-order valence-corrected chi connectivity index (χ1v) is 14.1. The summed E-state index contributed by atoms with van der Waals surface area (Å²) in [5, 5.41) is 7.50. The molecule has 12 nitrogen and oxygen atoms in total. The van der Waals surface area contributed by atoms with E-state index in [1.165, 1.54) is 12.8 Å². The molecule has 0 bridgehead atoms. The lowest BCUT2D eigenvalue weighted by Gasteiger charge is -2.43. The molecule has 4 heterocycles. The van der Waals surface area contributed by atoms with Crippen molar-refractivity contribution in [2.45, 2.75) is 57.7 Å². The van der Waals surface area contributed by atoms with Gasteiger partial charge in [-0.05, 0) is 37.5 Å². The smallest absolute Gasteiger partial charge is 0.249 e. The van der Waals surface area contributed by atoms with Gasteiger partial charge in [-0.3, -0.25) is 9.69 Å². The summed E-state index contributed by atoms with van der Waals surface area (Å²) in [5.41, 5.74) is 2.23. The third-order valence-electron chi connectivity index (χ3n) is 8.05. The Morgan fingerprint density at radius 1 is 1.15 bits per heavy atom. The zero-order valence-electron chi connectivity index (χ0n) is 23.3. The van der Waals surface area contributed by atoms with Crippen LogP contribution in [0.4, 0.5) is 23.1 Å². The van der Waals surface area contributed by atoms with Crippen molar-refractivity contribution in [3.05, 3.63) is 30.3 Å². The number of nitrogens with one attached hydrogen (secondary N) is 1. The first-order chi connectivity index (χ1) is 19.6. The Balaban J connectivity index is 1.24. The second kappa shape index (κ2) is 11.4. The monoisotopic (exact) mass is 548 g/mol. The molecule has 40 heavy (non-hydrogen) atoms. The van der Waals surface area contributed by atoms with Gasteiger partial charge in [-0.25, -0.2) is 4.98 Å². The van der Waals surface area contributed by atoms with Crippen LogP contribution in [0.15, 0.2) is 28.9 Å². The average Bonchev–Trinajstić information content (AvgIpc) is 3.68. The Morgan fingerprint density at radius 3 is 2.70 bits per heavy atom. The lowest BCUT2D eigenvalue weighted by atomic mass is 10.0. The van der Waals surface area contributed by atoms with E-state index in [1.54, 1.807) is 25.3 Å². The Morgan fingerprint density at radius 2 is 1.95 bits per heavy atom. The number of aromatic nitrogens is 4. The molecule has 1 atom stereocenters. The summed E-state index contributed by atoms with van der Waals surface area (Å²) in [4.78, 5) is 33.4. The maximum absolute atomic E-state index is 13.2. The summed E-state index contributed by atoms with van der Waals surface area (Å²) in [6.45, 7) is 5.79. The summed E-state index contributed by atoms with van der Waals surface area (Å²) in [6.07, 6.45) is 6.94. The molecular weight excluding hydrogens is 512 g/mol. The van der Waals surface area contributed by atoms with Crippen LogP contribution in [0.25, 0.3) is 11.4 Å². The fraction of sp³-hybridized carbons (Fsp3) is 0.536. The number of carbonyl (C=O) groups is 1. The normalized spacial score (nSPS) is 20.2. The van der Waals surface area contributed by atoms with E-state index < -0.39 is 0 Å². The average molecular weight is 549 g/mol. The van der Waals surface area contributed by atoms with Crippen LogP contribution in [0.1, 0.15) is 44.9 Å². The minimum absolute atomic E-state index is 0.0954. The number of hydrogen-bond donors (Lipinski definition) is 1. The Hall–Kier alpha value is -3.77. The highest BCUT2D eigenvalue weighted by atomic mass is 16.5. The zero-order valence-corrected chi connectivity index (χ0v) is 23.3. The van der Waals surface area contributed by atoms with Gasteiger partial charge in [0.25, 0.3) is 0 Å². The number of carbonyl (C=O) groups excluding carboxylic acids is 1. The van der Waals surface area contributed by atoms with Crippen molar-refractivity contribution in [2.24, 2.45) is 0 Å². The molecule has 2 fully saturated rings. The highest BCUT2D eigenvalue weighted by Crippen LogP contribution is 2.40. The van der Waals surface area contributed by atoms with E-state index in [2.05, 4.69) is 37.2 Å². The Labute approximate surface area is 233 Å². The van der Waals surface area contributed by atoms with Gasteiger partial charge >= 0.3 is 0 Å². The van der Waals surface area contributed by atoms with Gasteiger partial charge in [0.15, 0.2) is 5.82 Å². The molecule has 3 aromatic rings. The number of likely N-dealkylation sites (N-methyl/N-ethyl adjacent to an activating group) is 1. The second-order valence-corrected chi connectivity index (χ2v) is 10.5. The van der Waals surface area contributed by atoms with E-state index in [0.29, 0.717) is 54.9 Å². The quantitative estimate of drug-likeness (QED) is 0.444. The van der Waals surface area contributed by atoms with Crippen molar-refractivity contribution < 1.29 is 18.8 Å². The largest absolute Gasteiger partial charge is 0.495 e. The van der Waals surface area contributed by atoms with E-state index in [1.807, 2.05) is 18.2 Å². The predicted octanol–water partition coefficient (Wildman–Crippen LogP) is 3.62. The van der Waals surface area contributed by atoms with Crippen LogP contribution in [-0.2, 0) is 16.1 Å². The molecule has 0 radical (unpaired) electrons. The van der Waals surface area contributed by atoms with Gasteiger partial charge < -0.3 is 29.1 Å². The van der Waals surface area contributed by atoms with Gasteiger partial charge in [0.2, 0.25) is 23.6 Å². The van der Waals surface area contributed by atoms with Gasteiger partial charge in [-0.15, -0.1) is 0 Å². The molecule has 1 N–H and O–H groups in total. The fourth-order valence-corrected chi connectivity index (χ4v) is 5.88. The van der Waals surface area contributed by atoms with E-state index in [-0.39, 0.29) is 11.9 Å². The summed E-state index contributed by atoms with van der Waals surface area (Å²) in [7, 11) is 3.42. The first-order valence-electron chi connectivity index (χ1n) is 14.1. The number of morpholine rings is 1. The molecular formula is C28H36N8O4. The van der Waals surface area contributed by atoms with Gasteiger partial charge in [0, 0.05) is 31.7 Å². The third-order valence-corrected chi connectivity index (χ3v) is 8.05. The van der Waals surface area contributed by atoms with Crippen LogP contribution < -0.4 is 19.9 Å². The molecule has 12 heteroatoms. The molecule has 1 aliphatic carbocycles. The molecule has 2 aliphatic heterocycles. The molecule has 3 aliphatic rings. The summed E-state index contributed by atoms with van der Waals surface area (Å²) < 4.78 is 16.6. The van der Waals surface area contributed by atoms with Crippen LogP contribution in [0, 0.1) is 0 Å². The van der Waals surface area contributed by atoms with Crippen molar-refractivity contribution in [1.29, 1.82) is 0 Å². The highest BCUT2D eigenvalue weighted by Gasteiger charge is 2.41. The molecule has 2 aromatic heterocycles. The highest BCUT2D eigenvalue weighted by molar-refractivity contribution is 6.04. The van der Waals surface area contributed by atoms with Crippen molar-refractivity contribution >= 4 is 29.0 Å².